The Morgan fingerprint density at radius 1 is 1.44 bits per heavy atom. The van der Waals surface area contributed by atoms with E-state index >= 15 is 0 Å². The van der Waals surface area contributed by atoms with Crippen LogP contribution in [0.15, 0.2) is 18.2 Å². The molecule has 0 heterocycles. The van der Waals surface area contributed by atoms with Crippen molar-refractivity contribution < 1.29 is 5.11 Å². The zero-order chi connectivity index (χ0) is 13.4. The van der Waals surface area contributed by atoms with Crippen LogP contribution in [0, 0.1) is 24.2 Å². The van der Waals surface area contributed by atoms with E-state index < -0.39 is 0 Å². The Labute approximate surface area is 109 Å². The molecule has 3 heteroatoms. The number of nitrogens with one attached hydrogen (secondary N) is 1. The number of benzene rings is 1. The molecule has 1 aromatic rings. The van der Waals surface area contributed by atoms with E-state index in [4.69, 9.17) is 10.4 Å². The number of nitriles is 1. The van der Waals surface area contributed by atoms with Gasteiger partial charge in [0.15, 0.2) is 0 Å². The molecule has 0 aromatic heterocycles. The summed E-state index contributed by atoms with van der Waals surface area (Å²) < 4.78 is 0. The van der Waals surface area contributed by atoms with E-state index in [1.165, 1.54) is 5.56 Å². The largest absolute Gasteiger partial charge is 0.396 e. The molecule has 0 aliphatic carbocycles. The van der Waals surface area contributed by atoms with Gasteiger partial charge in [0.1, 0.15) is 0 Å². The second kappa shape index (κ2) is 7.86. The van der Waals surface area contributed by atoms with Gasteiger partial charge in [-0.1, -0.05) is 13.0 Å². The zero-order valence-corrected chi connectivity index (χ0v) is 11.2. The van der Waals surface area contributed by atoms with Crippen molar-refractivity contribution in [2.45, 2.75) is 33.2 Å². The van der Waals surface area contributed by atoms with E-state index in [0.717, 1.165) is 31.5 Å². The van der Waals surface area contributed by atoms with Crippen LogP contribution in [0.5, 0.6) is 0 Å². The second-order valence-corrected chi connectivity index (χ2v) is 4.86. The lowest BCUT2D eigenvalue weighted by Gasteiger charge is -2.10. The quantitative estimate of drug-likeness (QED) is 0.726. The van der Waals surface area contributed by atoms with Crippen LogP contribution in [-0.2, 0) is 6.54 Å². The Morgan fingerprint density at radius 2 is 2.22 bits per heavy atom. The number of nitrogens with zero attached hydrogens (tertiary/aromatic N) is 1. The van der Waals surface area contributed by atoms with E-state index in [-0.39, 0.29) is 6.61 Å². The average Bonchev–Trinajstić information content (AvgIpc) is 2.39. The molecule has 0 spiro atoms. The minimum atomic E-state index is 0.273. The second-order valence-electron chi connectivity index (χ2n) is 4.86. The fourth-order valence-electron chi connectivity index (χ4n) is 1.85. The van der Waals surface area contributed by atoms with Crippen molar-refractivity contribution >= 4 is 0 Å². The SMILES string of the molecule is Cc1cc(C#N)ccc1CNCCCC(C)CO. The number of aliphatic hydroxyl groups excluding tert-OH is 1. The van der Waals surface area contributed by atoms with Crippen molar-refractivity contribution in [1.29, 1.82) is 5.26 Å². The molecular weight excluding hydrogens is 224 g/mol. The van der Waals surface area contributed by atoms with Crippen LogP contribution in [0.1, 0.15) is 36.5 Å². The lowest BCUT2D eigenvalue weighted by atomic mass is 10.1. The summed E-state index contributed by atoms with van der Waals surface area (Å²) in [6.07, 6.45) is 2.13. The van der Waals surface area contributed by atoms with E-state index in [1.54, 1.807) is 0 Å². The topological polar surface area (TPSA) is 56.0 Å². The Hall–Kier alpha value is -1.37. The molecule has 1 rings (SSSR count). The van der Waals surface area contributed by atoms with Gasteiger partial charge in [0, 0.05) is 13.2 Å². The Kier molecular flexibility index (Phi) is 6.42. The highest BCUT2D eigenvalue weighted by atomic mass is 16.3. The Bertz CT molecular complexity index is 409. The molecule has 0 fully saturated rings. The molecule has 0 saturated heterocycles. The highest BCUT2D eigenvalue weighted by Crippen LogP contribution is 2.10. The summed E-state index contributed by atoms with van der Waals surface area (Å²) in [5.41, 5.74) is 3.11. The molecule has 0 aliphatic heterocycles. The number of aryl methyl sites for hydroxylation is 1. The third-order valence-electron chi connectivity index (χ3n) is 3.15. The first-order valence-corrected chi connectivity index (χ1v) is 6.48. The number of rotatable bonds is 7. The van der Waals surface area contributed by atoms with E-state index in [2.05, 4.69) is 18.3 Å². The molecule has 98 valence electrons. The lowest BCUT2D eigenvalue weighted by Crippen LogP contribution is -2.16. The average molecular weight is 246 g/mol. The minimum absolute atomic E-state index is 0.273. The van der Waals surface area contributed by atoms with Crippen LogP contribution in [0.3, 0.4) is 0 Å². The third-order valence-corrected chi connectivity index (χ3v) is 3.15. The number of aliphatic hydroxyl groups is 1. The fraction of sp³-hybridized carbons (Fsp3) is 0.533. The summed E-state index contributed by atoms with van der Waals surface area (Å²) in [5, 5.41) is 21.1. The van der Waals surface area contributed by atoms with E-state index in [9.17, 15) is 0 Å². The van der Waals surface area contributed by atoms with Crippen LogP contribution >= 0.6 is 0 Å². The van der Waals surface area contributed by atoms with Gasteiger partial charge < -0.3 is 10.4 Å². The third kappa shape index (κ3) is 4.87. The van der Waals surface area contributed by atoms with Crippen molar-refractivity contribution in [3.05, 3.63) is 34.9 Å². The van der Waals surface area contributed by atoms with Gasteiger partial charge in [-0.2, -0.15) is 5.26 Å². The summed E-state index contributed by atoms with van der Waals surface area (Å²) >= 11 is 0. The normalized spacial score (nSPS) is 12.1. The number of hydrogen-bond donors (Lipinski definition) is 2. The Balaban J connectivity index is 2.30. The van der Waals surface area contributed by atoms with Crippen LogP contribution in [-0.4, -0.2) is 18.3 Å². The molecule has 0 aliphatic rings. The van der Waals surface area contributed by atoms with Gasteiger partial charge in [-0.25, -0.2) is 0 Å². The molecule has 0 bridgehead atoms. The van der Waals surface area contributed by atoms with E-state index in [1.807, 2.05) is 25.1 Å². The predicted octanol–water partition coefficient (Wildman–Crippen LogP) is 2.36. The van der Waals surface area contributed by atoms with Gasteiger partial charge in [0.2, 0.25) is 0 Å². The molecule has 1 atom stereocenters. The summed E-state index contributed by atoms with van der Waals surface area (Å²) in [5.74, 6) is 0.392. The molecule has 1 aromatic carbocycles. The van der Waals surface area contributed by atoms with Crippen LogP contribution in [0.25, 0.3) is 0 Å². The predicted molar refractivity (Wildman–Crippen MR) is 73.1 cm³/mol. The standard InChI is InChI=1S/C15H22N2O/c1-12(11-18)4-3-7-17-10-15-6-5-14(9-16)8-13(15)2/h5-6,8,12,17-18H,3-4,7,10-11H2,1-2H3. The maximum atomic E-state index is 8.91. The summed E-state index contributed by atoms with van der Waals surface area (Å²) in [6.45, 7) is 6.17. The highest BCUT2D eigenvalue weighted by Gasteiger charge is 2.01. The first-order valence-electron chi connectivity index (χ1n) is 6.48. The first kappa shape index (κ1) is 14.7. The van der Waals surface area contributed by atoms with Gasteiger partial charge in [-0.05, 0) is 55.5 Å². The molecule has 0 saturated carbocycles. The molecule has 0 amide bonds. The lowest BCUT2D eigenvalue weighted by molar-refractivity contribution is 0.228. The van der Waals surface area contributed by atoms with Crippen molar-refractivity contribution in [3.8, 4) is 6.07 Å². The monoisotopic (exact) mass is 246 g/mol. The van der Waals surface area contributed by atoms with Gasteiger partial charge >= 0.3 is 0 Å². The minimum Gasteiger partial charge on any atom is -0.396 e. The van der Waals surface area contributed by atoms with Gasteiger partial charge in [0.25, 0.3) is 0 Å². The van der Waals surface area contributed by atoms with Gasteiger partial charge in [0.05, 0.1) is 11.6 Å². The van der Waals surface area contributed by atoms with Crippen LogP contribution < -0.4 is 5.32 Å². The zero-order valence-electron chi connectivity index (χ0n) is 11.2. The highest BCUT2D eigenvalue weighted by molar-refractivity contribution is 5.37. The van der Waals surface area contributed by atoms with Gasteiger partial charge in [-0.3, -0.25) is 0 Å². The van der Waals surface area contributed by atoms with Crippen molar-refractivity contribution in [3.63, 3.8) is 0 Å². The summed E-state index contributed by atoms with van der Waals surface area (Å²) in [4.78, 5) is 0. The van der Waals surface area contributed by atoms with Crippen LogP contribution in [0.2, 0.25) is 0 Å². The number of hydrogen-bond acceptors (Lipinski definition) is 3. The van der Waals surface area contributed by atoms with Crippen molar-refractivity contribution in [1.82, 2.24) is 5.32 Å². The van der Waals surface area contributed by atoms with Crippen molar-refractivity contribution in [2.24, 2.45) is 5.92 Å². The molecule has 18 heavy (non-hydrogen) atoms. The first-order chi connectivity index (χ1) is 8.67. The summed E-state index contributed by atoms with van der Waals surface area (Å²) in [6, 6.07) is 7.94. The van der Waals surface area contributed by atoms with Gasteiger partial charge in [-0.15, -0.1) is 0 Å². The smallest absolute Gasteiger partial charge is 0.0991 e. The van der Waals surface area contributed by atoms with Crippen molar-refractivity contribution in [2.75, 3.05) is 13.2 Å². The maximum absolute atomic E-state index is 8.91. The Morgan fingerprint density at radius 3 is 2.83 bits per heavy atom. The molecule has 1 unspecified atom stereocenters. The molecule has 2 N–H and O–H groups in total. The molecule has 0 radical (unpaired) electrons. The maximum Gasteiger partial charge on any atom is 0.0991 e. The molecular formula is C15H22N2O. The fourth-order valence-corrected chi connectivity index (χ4v) is 1.85. The van der Waals surface area contributed by atoms with Crippen LogP contribution in [0.4, 0.5) is 0 Å². The molecule has 3 nitrogen and oxygen atoms in total. The summed E-state index contributed by atoms with van der Waals surface area (Å²) in [7, 11) is 0. The van der Waals surface area contributed by atoms with E-state index in [0.29, 0.717) is 11.5 Å².